The van der Waals surface area contributed by atoms with E-state index in [-0.39, 0.29) is 61.7 Å². The standard InChI is InChI=1S/C67H113N11O13S/c1-25-47-63(85)72(17)35-52(79)73(18)48(30-36(2)3)60(82)71-54(40(10)11)66(88)74(19)49(31-37(4)5)59(81)68-43(15)58(80)69-44(16)62(84)75(20)50(32-38(6)7)64(86)76(21)51(33-39(8)9)65(87)77(22)55(41(12)13)67(89)78(23)56(61(83)70-47)57-42(14)34-53(91-57)92-46-28-26-45(90-24)27-29-46/h26-29,36-44,47-51,53-57H,25,30-35H2,1-24H3,(H,68,81)(H,69,80)(H,70,83)(H,71,82)/t42-,43+,44-,47+,48+,49+,50+,51+,53+,54+,55+,56+,57-/m1/s1. The maximum atomic E-state index is 15.5. The third kappa shape index (κ3) is 21.3. The van der Waals surface area contributed by atoms with Crippen LogP contribution in [0.1, 0.15) is 149 Å². The average Bonchev–Trinajstić information content (AvgIpc) is 1.39. The molecule has 92 heavy (non-hydrogen) atoms. The molecular weight excluding hydrogens is 1200 g/mol. The van der Waals surface area contributed by atoms with E-state index in [1.54, 1.807) is 41.7 Å². The normalized spacial score (nSPS) is 28.2. The van der Waals surface area contributed by atoms with Gasteiger partial charge in [-0.25, -0.2) is 0 Å². The third-order valence-corrected chi connectivity index (χ3v) is 18.6. The SMILES string of the molecule is CC[C@@H]1NC(=O)[C@H]([C@@H]2O[C@@H](Sc3ccc(OC)cc3)C[C@H]2C)N(C)C(=O)[C@H](C(C)C)N(C)C(=O)[C@H](CC(C)C)N(C)C(=O)[C@H](CC(C)C)N(C)C(=O)[C@@H](C)NC(=O)[C@H](C)NC(=O)[C@H](CC(C)C)N(C)C(=O)[C@H](C(C)C)NC(=O)[C@H](CC(C)C)N(C)C(=O)CN(C)C1=O. The molecule has 2 saturated heterocycles. The summed E-state index contributed by atoms with van der Waals surface area (Å²) in [5.74, 6) is -8.35. The lowest BCUT2D eigenvalue weighted by atomic mass is 9.93. The van der Waals surface area contributed by atoms with E-state index in [0.717, 1.165) is 9.80 Å². The number of methoxy groups -OCH3 is 1. The summed E-state index contributed by atoms with van der Waals surface area (Å²) in [5, 5.41) is 11.2. The number of likely N-dealkylation sites (N-methyl/N-ethyl adjacent to an activating group) is 7. The van der Waals surface area contributed by atoms with E-state index in [4.69, 9.17) is 9.47 Å². The van der Waals surface area contributed by atoms with Gasteiger partial charge in [0.2, 0.25) is 65.0 Å². The number of nitrogens with one attached hydrogen (secondary N) is 4. The lowest BCUT2D eigenvalue weighted by Crippen LogP contribution is -2.63. The molecule has 1 aromatic rings. The van der Waals surface area contributed by atoms with Crippen LogP contribution < -0.4 is 26.0 Å². The summed E-state index contributed by atoms with van der Waals surface area (Å²) in [6.07, 6.45) is 0.234. The first-order chi connectivity index (χ1) is 42.7. The predicted octanol–water partition coefficient (Wildman–Crippen LogP) is 4.86. The monoisotopic (exact) mass is 1310 g/mol. The number of carbonyl (C=O) groups is 11. The van der Waals surface area contributed by atoms with Gasteiger partial charge in [-0.2, -0.15) is 0 Å². The van der Waals surface area contributed by atoms with Crippen molar-refractivity contribution in [1.82, 2.24) is 55.6 Å². The first-order valence-electron chi connectivity index (χ1n) is 32.7. The Bertz CT molecular complexity index is 2710. The van der Waals surface area contributed by atoms with Crippen LogP contribution in [0.25, 0.3) is 0 Å². The molecule has 2 heterocycles. The number of amides is 11. The Hall–Kier alpha value is -6.50. The highest BCUT2D eigenvalue weighted by molar-refractivity contribution is 7.99. The van der Waals surface area contributed by atoms with Crippen LogP contribution in [0.5, 0.6) is 5.75 Å². The van der Waals surface area contributed by atoms with Gasteiger partial charge in [0.25, 0.3) is 0 Å². The Labute approximate surface area is 552 Å². The number of benzene rings is 1. The van der Waals surface area contributed by atoms with Crippen molar-refractivity contribution in [3.05, 3.63) is 24.3 Å². The molecule has 24 nitrogen and oxygen atoms in total. The van der Waals surface area contributed by atoms with Crippen LogP contribution in [0, 0.1) is 41.4 Å². The molecule has 2 fully saturated rings. The van der Waals surface area contributed by atoms with Gasteiger partial charge in [0.15, 0.2) is 0 Å². The van der Waals surface area contributed by atoms with E-state index >= 15 is 19.2 Å². The summed E-state index contributed by atoms with van der Waals surface area (Å²) in [4.78, 5) is 172. The maximum Gasteiger partial charge on any atom is 0.246 e. The van der Waals surface area contributed by atoms with Gasteiger partial charge in [0.05, 0.1) is 19.8 Å². The van der Waals surface area contributed by atoms with Crippen molar-refractivity contribution in [2.75, 3.05) is 63.0 Å². The van der Waals surface area contributed by atoms with Gasteiger partial charge >= 0.3 is 0 Å². The number of nitrogens with zero attached hydrogens (tertiary/aromatic N) is 7. The van der Waals surface area contributed by atoms with Gasteiger partial charge in [-0.05, 0) is 118 Å². The highest BCUT2D eigenvalue weighted by atomic mass is 32.2. The number of hydrogen-bond donors (Lipinski definition) is 4. The van der Waals surface area contributed by atoms with E-state index in [1.165, 1.54) is 104 Å². The van der Waals surface area contributed by atoms with E-state index in [9.17, 15) is 33.6 Å². The van der Waals surface area contributed by atoms with Crippen molar-refractivity contribution < 1.29 is 62.2 Å². The molecule has 0 saturated carbocycles. The molecule has 0 aliphatic carbocycles. The molecule has 0 radical (unpaired) electrons. The average molecular weight is 1310 g/mol. The molecular formula is C67H113N11O13S. The minimum absolute atomic E-state index is 0.0574. The number of carbonyl (C=O) groups excluding carboxylic acids is 11. The van der Waals surface area contributed by atoms with Gasteiger partial charge in [-0.3, -0.25) is 52.7 Å². The van der Waals surface area contributed by atoms with Gasteiger partial charge in [0.1, 0.15) is 71.6 Å². The minimum Gasteiger partial charge on any atom is -0.497 e. The summed E-state index contributed by atoms with van der Waals surface area (Å²) >= 11 is 1.44. The van der Waals surface area contributed by atoms with E-state index in [2.05, 4.69) is 21.3 Å². The van der Waals surface area contributed by atoms with Crippen LogP contribution in [-0.2, 0) is 57.5 Å². The molecule has 2 aliphatic rings. The highest BCUT2D eigenvalue weighted by Gasteiger charge is 2.49. The molecule has 0 unspecified atom stereocenters. The van der Waals surface area contributed by atoms with Crippen LogP contribution in [0.3, 0.4) is 0 Å². The fraction of sp³-hybridized carbons (Fsp3) is 0.746. The van der Waals surface area contributed by atoms with Crippen LogP contribution in [0.15, 0.2) is 29.2 Å². The quantitative estimate of drug-likeness (QED) is 0.183. The van der Waals surface area contributed by atoms with Crippen LogP contribution >= 0.6 is 11.8 Å². The Morgan fingerprint density at radius 2 is 0.957 bits per heavy atom. The molecule has 0 aromatic heterocycles. The Morgan fingerprint density at radius 3 is 1.43 bits per heavy atom. The summed E-state index contributed by atoms with van der Waals surface area (Å²) in [5.41, 5.74) is -0.477. The molecule has 11 amide bonds. The van der Waals surface area contributed by atoms with Crippen molar-refractivity contribution in [3.63, 3.8) is 0 Å². The second-order valence-corrected chi connectivity index (χ2v) is 29.1. The zero-order valence-electron chi connectivity index (χ0n) is 59.6. The molecule has 0 bridgehead atoms. The lowest BCUT2D eigenvalue weighted by Gasteiger charge is -2.41. The minimum atomic E-state index is -1.38. The third-order valence-electron chi connectivity index (χ3n) is 17.5. The second-order valence-electron chi connectivity index (χ2n) is 27.9. The molecule has 1 aromatic carbocycles. The largest absolute Gasteiger partial charge is 0.497 e. The van der Waals surface area contributed by atoms with Crippen LogP contribution in [-0.4, -0.2) is 234 Å². The van der Waals surface area contributed by atoms with Gasteiger partial charge < -0.3 is 65.0 Å². The second kappa shape index (κ2) is 35.7. The summed E-state index contributed by atoms with van der Waals surface area (Å²) in [6.45, 7) is 28.0. The van der Waals surface area contributed by atoms with Gasteiger partial charge in [0, 0.05) is 54.2 Å². The van der Waals surface area contributed by atoms with Gasteiger partial charge in [-0.15, -0.1) is 0 Å². The van der Waals surface area contributed by atoms with Gasteiger partial charge in [-0.1, -0.05) is 109 Å². The zero-order chi connectivity index (χ0) is 70.2. The Balaban J connectivity index is 2.31. The summed E-state index contributed by atoms with van der Waals surface area (Å²) in [6, 6.07) is -4.57. The fourth-order valence-electron chi connectivity index (χ4n) is 11.9. The van der Waals surface area contributed by atoms with E-state index < -0.39 is 155 Å². The fourth-order valence-corrected chi connectivity index (χ4v) is 13.1. The Kier molecular flexibility index (Phi) is 30.9. The molecule has 3 rings (SSSR count). The molecule has 520 valence electrons. The van der Waals surface area contributed by atoms with Crippen LogP contribution in [0.4, 0.5) is 0 Å². The van der Waals surface area contributed by atoms with Crippen molar-refractivity contribution in [2.24, 2.45) is 41.4 Å². The highest BCUT2D eigenvalue weighted by Crippen LogP contribution is 2.40. The van der Waals surface area contributed by atoms with E-state index in [1.807, 2.05) is 86.6 Å². The smallest absolute Gasteiger partial charge is 0.246 e. The first kappa shape index (κ1) is 79.7. The predicted molar refractivity (Wildman–Crippen MR) is 355 cm³/mol. The lowest BCUT2D eigenvalue weighted by molar-refractivity contribution is -0.157. The maximum absolute atomic E-state index is 15.5. The summed E-state index contributed by atoms with van der Waals surface area (Å²) in [7, 11) is 11.8. The molecule has 0 spiro atoms. The molecule has 13 atom stereocenters. The Morgan fingerprint density at radius 1 is 0.500 bits per heavy atom. The van der Waals surface area contributed by atoms with Crippen molar-refractivity contribution in [2.45, 2.75) is 226 Å². The van der Waals surface area contributed by atoms with Crippen molar-refractivity contribution >= 4 is 76.7 Å². The number of ether oxygens (including phenoxy) is 2. The molecule has 2 aliphatic heterocycles. The zero-order valence-corrected chi connectivity index (χ0v) is 60.4. The summed E-state index contributed by atoms with van der Waals surface area (Å²) < 4.78 is 12.1. The number of thioether (sulfide) groups is 1. The number of hydrogen-bond acceptors (Lipinski definition) is 14. The molecule has 4 N–H and O–H groups in total. The first-order valence-corrected chi connectivity index (χ1v) is 33.6. The van der Waals surface area contributed by atoms with Crippen molar-refractivity contribution in [3.8, 4) is 5.75 Å². The van der Waals surface area contributed by atoms with Crippen molar-refractivity contribution in [1.29, 1.82) is 0 Å². The molecule has 25 heteroatoms. The number of rotatable bonds is 15. The topological polar surface area (TPSA) is 277 Å². The van der Waals surface area contributed by atoms with E-state index in [0.29, 0.717) is 12.2 Å². The van der Waals surface area contributed by atoms with Crippen LogP contribution in [0.2, 0.25) is 0 Å².